The molecule has 1 amide bonds. The van der Waals surface area contributed by atoms with Gasteiger partial charge in [-0.25, -0.2) is 8.42 Å². The van der Waals surface area contributed by atoms with E-state index in [-0.39, 0.29) is 30.3 Å². The first-order chi connectivity index (χ1) is 15.9. The Labute approximate surface area is 215 Å². The third-order valence-electron chi connectivity index (χ3n) is 6.65. The Morgan fingerprint density at radius 3 is 2.31 bits per heavy atom. The van der Waals surface area contributed by atoms with Crippen molar-refractivity contribution in [3.63, 3.8) is 0 Å². The number of nitrogens with two attached hydrogens (primary N) is 1. The van der Waals surface area contributed by atoms with Crippen LogP contribution in [0.3, 0.4) is 0 Å². The minimum atomic E-state index is -5.00. The van der Waals surface area contributed by atoms with Gasteiger partial charge in [0.15, 0.2) is 9.84 Å². The highest BCUT2D eigenvalue weighted by molar-refractivity contribution is 7.90. The number of rotatable bonds is 7. The molecular formula is C24H29Cl2F3N2O3S. The molecule has 2 N–H and O–H groups in total. The third-order valence-corrected chi connectivity index (χ3v) is 8.00. The van der Waals surface area contributed by atoms with E-state index in [1.165, 1.54) is 12.1 Å². The van der Waals surface area contributed by atoms with Crippen LogP contribution in [0, 0.1) is 0 Å². The normalized spacial score (nSPS) is 20.7. The van der Waals surface area contributed by atoms with E-state index in [4.69, 9.17) is 17.3 Å². The highest BCUT2D eigenvalue weighted by Crippen LogP contribution is 2.41. The van der Waals surface area contributed by atoms with Crippen molar-refractivity contribution in [2.75, 3.05) is 19.3 Å². The number of alkyl halides is 3. The van der Waals surface area contributed by atoms with E-state index in [9.17, 15) is 26.4 Å². The fraction of sp³-hybridized carbons (Fsp3) is 0.458. The van der Waals surface area contributed by atoms with Gasteiger partial charge in [0.25, 0.3) is 0 Å². The maximum Gasteiger partial charge on any atom is 0.471 e. The van der Waals surface area contributed by atoms with Crippen molar-refractivity contribution >= 4 is 39.8 Å². The first-order valence-electron chi connectivity index (χ1n) is 11.0. The molecule has 0 unspecified atom stereocenters. The molecule has 0 aliphatic heterocycles. The topological polar surface area (TPSA) is 80.5 Å². The lowest BCUT2D eigenvalue weighted by molar-refractivity contribution is -0.188. The van der Waals surface area contributed by atoms with Crippen LogP contribution in [0.25, 0.3) is 0 Å². The fourth-order valence-corrected chi connectivity index (χ4v) is 5.57. The largest absolute Gasteiger partial charge is 0.471 e. The molecule has 1 aliphatic rings. The van der Waals surface area contributed by atoms with E-state index in [1.54, 1.807) is 18.2 Å². The predicted octanol–water partition coefficient (Wildman–Crippen LogP) is 4.94. The zero-order valence-corrected chi connectivity index (χ0v) is 21.6. The lowest BCUT2D eigenvalue weighted by Gasteiger charge is -2.43. The minimum Gasteiger partial charge on any atom is -0.332 e. The number of nitrogens with zero attached hydrogens (tertiary/aromatic N) is 1. The van der Waals surface area contributed by atoms with Crippen molar-refractivity contribution in [1.29, 1.82) is 0 Å². The molecule has 1 aliphatic carbocycles. The molecule has 35 heavy (non-hydrogen) atoms. The van der Waals surface area contributed by atoms with Gasteiger partial charge >= 0.3 is 12.1 Å². The summed E-state index contributed by atoms with van der Waals surface area (Å²) in [4.78, 5) is 13.3. The van der Waals surface area contributed by atoms with Gasteiger partial charge in [0.1, 0.15) is 0 Å². The summed E-state index contributed by atoms with van der Waals surface area (Å²) < 4.78 is 63.9. The first kappa shape index (κ1) is 29.4. The van der Waals surface area contributed by atoms with Gasteiger partial charge in [-0.1, -0.05) is 35.9 Å². The monoisotopic (exact) mass is 552 g/mol. The molecule has 0 saturated heterocycles. The molecule has 0 radical (unpaired) electrons. The molecular weight excluding hydrogens is 524 g/mol. The highest BCUT2D eigenvalue weighted by atomic mass is 35.5. The van der Waals surface area contributed by atoms with E-state index < -0.39 is 33.4 Å². The van der Waals surface area contributed by atoms with Crippen LogP contribution in [-0.4, -0.2) is 50.8 Å². The predicted molar refractivity (Wildman–Crippen MR) is 133 cm³/mol. The molecule has 5 nitrogen and oxygen atoms in total. The molecule has 1 fully saturated rings. The van der Waals surface area contributed by atoms with Crippen LogP contribution in [0.4, 0.5) is 13.2 Å². The standard InChI is InChI=1S/C24H28ClF3N2O3S.ClH/c1-34(32,33)21-7-2-4-17(14-21)10-13-30(22(31)24(26,27)28)20-8-11-23(16-29,12-9-20)18-5-3-6-19(25)15-18;/h2-7,14-15,20H,8-13,16,29H2,1H3;1H. The molecule has 1 saturated carbocycles. The second-order valence-electron chi connectivity index (χ2n) is 8.89. The SMILES string of the molecule is CS(=O)(=O)c1cccc(CCN(C(=O)C(F)(F)F)C2CCC(CN)(c3cccc(Cl)c3)CC2)c1.Cl. The van der Waals surface area contributed by atoms with Gasteiger partial charge in [-0.15, -0.1) is 12.4 Å². The molecule has 0 heterocycles. The van der Waals surface area contributed by atoms with Crippen LogP contribution < -0.4 is 5.73 Å². The van der Waals surface area contributed by atoms with Crippen LogP contribution in [0.15, 0.2) is 53.4 Å². The van der Waals surface area contributed by atoms with Crippen molar-refractivity contribution in [2.24, 2.45) is 5.73 Å². The van der Waals surface area contributed by atoms with Gasteiger partial charge in [-0.3, -0.25) is 4.79 Å². The van der Waals surface area contributed by atoms with Crippen LogP contribution in [0.5, 0.6) is 0 Å². The zero-order chi connectivity index (χ0) is 25.1. The van der Waals surface area contributed by atoms with Crippen molar-refractivity contribution < 1.29 is 26.4 Å². The van der Waals surface area contributed by atoms with Gasteiger partial charge in [-0.05, 0) is 67.5 Å². The Morgan fingerprint density at radius 2 is 1.77 bits per heavy atom. The Kier molecular flexibility index (Phi) is 9.66. The molecule has 0 aromatic heterocycles. The minimum absolute atomic E-state index is 0. The first-order valence-corrected chi connectivity index (χ1v) is 13.3. The summed E-state index contributed by atoms with van der Waals surface area (Å²) >= 11 is 6.14. The maximum absolute atomic E-state index is 13.4. The molecule has 194 valence electrons. The highest BCUT2D eigenvalue weighted by Gasteiger charge is 2.46. The fourth-order valence-electron chi connectivity index (χ4n) is 4.69. The molecule has 0 spiro atoms. The van der Waals surface area contributed by atoms with Crippen LogP contribution in [0.2, 0.25) is 5.02 Å². The summed E-state index contributed by atoms with van der Waals surface area (Å²) in [5.74, 6) is -1.88. The Hall–Kier alpha value is -1.81. The number of hydrogen-bond acceptors (Lipinski definition) is 4. The number of benzene rings is 2. The molecule has 2 aromatic carbocycles. The van der Waals surface area contributed by atoms with E-state index in [2.05, 4.69) is 0 Å². The summed E-state index contributed by atoms with van der Waals surface area (Å²) in [6.45, 7) is 0.161. The second-order valence-corrected chi connectivity index (χ2v) is 11.3. The number of carbonyl (C=O) groups excluding carboxylic acids is 1. The lowest BCUT2D eigenvalue weighted by atomic mass is 9.68. The van der Waals surface area contributed by atoms with Gasteiger partial charge in [-0.2, -0.15) is 13.2 Å². The summed E-state index contributed by atoms with van der Waals surface area (Å²) in [6, 6.07) is 12.8. The number of halogens is 5. The molecule has 11 heteroatoms. The Balaban J connectivity index is 0.00000432. The number of amides is 1. The number of carbonyl (C=O) groups is 1. The Bertz CT molecular complexity index is 1130. The average Bonchev–Trinajstić information content (AvgIpc) is 2.78. The molecule has 2 aromatic rings. The van der Waals surface area contributed by atoms with Crippen molar-refractivity contribution in [3.8, 4) is 0 Å². The van der Waals surface area contributed by atoms with Crippen molar-refractivity contribution in [1.82, 2.24) is 4.90 Å². The van der Waals surface area contributed by atoms with E-state index in [0.717, 1.165) is 16.7 Å². The number of sulfone groups is 1. The van der Waals surface area contributed by atoms with Gasteiger partial charge in [0.2, 0.25) is 0 Å². The van der Waals surface area contributed by atoms with E-state index in [1.807, 2.05) is 18.2 Å². The van der Waals surface area contributed by atoms with Crippen LogP contribution >= 0.6 is 24.0 Å². The zero-order valence-electron chi connectivity index (χ0n) is 19.2. The molecule has 3 rings (SSSR count). The Morgan fingerprint density at radius 1 is 1.14 bits per heavy atom. The summed E-state index contributed by atoms with van der Waals surface area (Å²) in [7, 11) is -3.45. The van der Waals surface area contributed by atoms with Gasteiger partial charge in [0.05, 0.1) is 4.90 Å². The van der Waals surface area contributed by atoms with E-state index >= 15 is 0 Å². The maximum atomic E-state index is 13.4. The molecule has 0 bridgehead atoms. The quantitative estimate of drug-likeness (QED) is 0.527. The summed E-state index contributed by atoms with van der Waals surface area (Å²) in [6.07, 6.45) is -2.03. The lowest BCUT2D eigenvalue weighted by Crippen LogP contribution is -2.51. The van der Waals surface area contributed by atoms with Crippen molar-refractivity contribution in [3.05, 3.63) is 64.7 Å². The van der Waals surface area contributed by atoms with E-state index in [0.29, 0.717) is 42.8 Å². The summed E-state index contributed by atoms with van der Waals surface area (Å²) in [5.41, 5.74) is 7.20. The van der Waals surface area contributed by atoms with Crippen LogP contribution in [-0.2, 0) is 26.5 Å². The number of hydrogen-bond donors (Lipinski definition) is 1. The third kappa shape index (κ3) is 7.12. The molecule has 0 atom stereocenters. The smallest absolute Gasteiger partial charge is 0.332 e. The average molecular weight is 553 g/mol. The second kappa shape index (κ2) is 11.5. The summed E-state index contributed by atoms with van der Waals surface area (Å²) in [5, 5.41) is 0.567. The van der Waals surface area contributed by atoms with Gasteiger partial charge < -0.3 is 10.6 Å². The van der Waals surface area contributed by atoms with Gasteiger partial charge in [0, 0.05) is 35.8 Å². The van der Waals surface area contributed by atoms with Crippen LogP contribution in [0.1, 0.15) is 36.8 Å². The van der Waals surface area contributed by atoms with Crippen molar-refractivity contribution in [2.45, 2.75) is 54.6 Å².